The molecule has 0 N–H and O–H groups in total. The van der Waals surface area contributed by atoms with Crippen molar-refractivity contribution in [2.75, 3.05) is 7.11 Å². The van der Waals surface area contributed by atoms with E-state index in [-0.39, 0.29) is 12.4 Å². The highest BCUT2D eigenvalue weighted by Crippen LogP contribution is 2.28. The molecule has 0 aromatic carbocycles. The van der Waals surface area contributed by atoms with E-state index in [1.807, 2.05) is 18.2 Å². The summed E-state index contributed by atoms with van der Waals surface area (Å²) in [4.78, 5) is 16.6. The van der Waals surface area contributed by atoms with Crippen molar-refractivity contribution >= 4 is 32.5 Å². The van der Waals surface area contributed by atoms with Gasteiger partial charge in [0.25, 0.3) is 0 Å². The van der Waals surface area contributed by atoms with Gasteiger partial charge in [0.05, 0.1) is 9.99 Å². The van der Waals surface area contributed by atoms with Crippen LogP contribution in [0.15, 0.2) is 39.9 Å². The molecule has 92 valence electrons. The second kappa shape index (κ2) is 4.22. The molecular weight excluding hydrogens is 298 g/mol. The Morgan fingerprint density at radius 3 is 3.06 bits per heavy atom. The molecule has 0 saturated carbocycles. The second-order valence-electron chi connectivity index (χ2n) is 3.90. The van der Waals surface area contributed by atoms with Crippen molar-refractivity contribution in [2.24, 2.45) is 0 Å². The van der Waals surface area contributed by atoms with Crippen LogP contribution in [-0.2, 0) is 11.5 Å². The molecule has 0 radical (unpaired) electrons. The van der Waals surface area contributed by atoms with Gasteiger partial charge in [0.15, 0.2) is 0 Å². The second-order valence-corrected chi connectivity index (χ2v) is 4.69. The van der Waals surface area contributed by atoms with E-state index in [0.29, 0.717) is 5.65 Å². The number of fused-ring (bicyclic) bond motifs is 3. The smallest absolute Gasteiger partial charge is 0.336 e. The first-order valence-electron chi connectivity index (χ1n) is 5.37. The summed E-state index contributed by atoms with van der Waals surface area (Å²) in [6.45, 7) is 0.221. The Hall–Kier alpha value is -1.66. The lowest BCUT2D eigenvalue weighted by atomic mass is 10.3. The van der Waals surface area contributed by atoms with Gasteiger partial charge in [-0.3, -0.25) is 4.57 Å². The van der Waals surface area contributed by atoms with Crippen molar-refractivity contribution in [1.29, 1.82) is 0 Å². The number of rotatable bonds is 2. The summed E-state index contributed by atoms with van der Waals surface area (Å²) in [5.41, 5.74) is 1.29. The summed E-state index contributed by atoms with van der Waals surface area (Å²) in [5, 5.41) is 0.921. The maximum atomic E-state index is 12.3. The molecule has 0 aliphatic heterocycles. The Morgan fingerprint density at radius 2 is 2.28 bits per heavy atom. The van der Waals surface area contributed by atoms with Crippen molar-refractivity contribution in [3.05, 3.63) is 45.5 Å². The summed E-state index contributed by atoms with van der Waals surface area (Å²) in [6.07, 6.45) is 3.39. The predicted octanol–water partition coefficient (Wildman–Crippen LogP) is 2.02. The average Bonchev–Trinajstić information content (AvgIpc) is 2.68. The molecule has 0 unspecified atom stereocenters. The maximum absolute atomic E-state index is 12.3. The van der Waals surface area contributed by atoms with E-state index in [2.05, 4.69) is 20.9 Å². The molecule has 3 rings (SSSR count). The van der Waals surface area contributed by atoms with E-state index >= 15 is 0 Å². The Balaban J connectivity index is 2.51. The van der Waals surface area contributed by atoms with Crippen molar-refractivity contribution in [1.82, 2.24) is 14.0 Å². The fourth-order valence-electron chi connectivity index (χ4n) is 2.03. The minimum absolute atomic E-state index is 0.163. The molecule has 3 aromatic rings. The SMILES string of the molecule is COCn1ccc2c(Br)c3cccnc3n2c1=O. The van der Waals surface area contributed by atoms with E-state index in [4.69, 9.17) is 4.74 Å². The van der Waals surface area contributed by atoms with Crippen molar-refractivity contribution in [2.45, 2.75) is 6.73 Å². The van der Waals surface area contributed by atoms with Crippen LogP contribution >= 0.6 is 15.9 Å². The minimum Gasteiger partial charge on any atom is -0.364 e. The molecule has 0 aliphatic carbocycles. The quantitative estimate of drug-likeness (QED) is 0.728. The van der Waals surface area contributed by atoms with Crippen LogP contribution < -0.4 is 5.69 Å². The topological polar surface area (TPSA) is 48.5 Å². The third kappa shape index (κ3) is 1.49. The lowest BCUT2D eigenvalue weighted by molar-refractivity contribution is 0.126. The minimum atomic E-state index is -0.163. The average molecular weight is 308 g/mol. The lowest BCUT2D eigenvalue weighted by Crippen LogP contribution is -2.26. The predicted molar refractivity (Wildman–Crippen MR) is 71.7 cm³/mol. The molecule has 6 heteroatoms. The largest absolute Gasteiger partial charge is 0.364 e. The Labute approximate surface area is 111 Å². The Kier molecular flexibility index (Phi) is 2.68. The van der Waals surface area contributed by atoms with E-state index in [9.17, 15) is 4.79 Å². The molecule has 0 amide bonds. The van der Waals surface area contributed by atoms with Gasteiger partial charge >= 0.3 is 5.69 Å². The van der Waals surface area contributed by atoms with Crippen LogP contribution in [0.2, 0.25) is 0 Å². The molecule has 0 bridgehead atoms. The van der Waals surface area contributed by atoms with Crippen LogP contribution in [0.1, 0.15) is 0 Å². The molecule has 0 spiro atoms. The maximum Gasteiger partial charge on any atom is 0.336 e. The summed E-state index contributed by atoms with van der Waals surface area (Å²) >= 11 is 3.51. The van der Waals surface area contributed by atoms with E-state index in [1.165, 1.54) is 4.57 Å². The summed E-state index contributed by atoms with van der Waals surface area (Å²) < 4.78 is 8.95. The van der Waals surface area contributed by atoms with Crippen molar-refractivity contribution < 1.29 is 4.74 Å². The van der Waals surface area contributed by atoms with Crippen LogP contribution in [-0.4, -0.2) is 21.1 Å². The van der Waals surface area contributed by atoms with Crippen molar-refractivity contribution in [3.8, 4) is 0 Å². The molecule has 3 aromatic heterocycles. The molecule has 0 aliphatic rings. The lowest BCUT2D eigenvalue weighted by Gasteiger charge is -2.04. The molecule has 0 atom stereocenters. The van der Waals surface area contributed by atoms with Crippen LogP contribution in [0.3, 0.4) is 0 Å². The monoisotopic (exact) mass is 307 g/mol. The fraction of sp³-hybridized carbons (Fsp3) is 0.167. The first kappa shape index (κ1) is 11.4. The van der Waals surface area contributed by atoms with E-state index in [0.717, 1.165) is 15.4 Å². The fourth-order valence-corrected chi connectivity index (χ4v) is 2.65. The number of nitrogens with zero attached hydrogens (tertiary/aromatic N) is 3. The molecule has 18 heavy (non-hydrogen) atoms. The summed E-state index contributed by atoms with van der Waals surface area (Å²) in [5.74, 6) is 0. The van der Waals surface area contributed by atoms with Crippen LogP contribution in [0.4, 0.5) is 0 Å². The van der Waals surface area contributed by atoms with Crippen LogP contribution in [0.5, 0.6) is 0 Å². The molecular formula is C12H10BrN3O2. The van der Waals surface area contributed by atoms with Gasteiger partial charge in [-0.15, -0.1) is 0 Å². The van der Waals surface area contributed by atoms with Gasteiger partial charge in [-0.05, 0) is 34.1 Å². The van der Waals surface area contributed by atoms with Gasteiger partial charge in [0.2, 0.25) is 0 Å². The van der Waals surface area contributed by atoms with E-state index in [1.54, 1.807) is 23.9 Å². The third-order valence-electron chi connectivity index (χ3n) is 2.82. The summed E-state index contributed by atoms with van der Waals surface area (Å²) in [6, 6.07) is 5.64. The number of hydrogen-bond acceptors (Lipinski definition) is 3. The first-order chi connectivity index (χ1) is 8.74. The highest BCUT2D eigenvalue weighted by Gasteiger charge is 2.13. The third-order valence-corrected chi connectivity index (χ3v) is 3.65. The highest BCUT2D eigenvalue weighted by molar-refractivity contribution is 9.10. The number of aromatic nitrogens is 3. The Bertz CT molecular complexity index is 791. The Morgan fingerprint density at radius 1 is 1.44 bits per heavy atom. The van der Waals surface area contributed by atoms with Crippen molar-refractivity contribution in [3.63, 3.8) is 0 Å². The van der Waals surface area contributed by atoms with Gasteiger partial charge < -0.3 is 4.74 Å². The zero-order valence-electron chi connectivity index (χ0n) is 9.63. The number of halogens is 1. The van der Waals surface area contributed by atoms with Gasteiger partial charge in [0, 0.05) is 24.9 Å². The zero-order valence-corrected chi connectivity index (χ0v) is 11.2. The normalized spacial score (nSPS) is 11.4. The van der Waals surface area contributed by atoms with Gasteiger partial charge in [-0.25, -0.2) is 14.2 Å². The highest BCUT2D eigenvalue weighted by atomic mass is 79.9. The number of hydrogen-bond donors (Lipinski definition) is 0. The van der Waals surface area contributed by atoms with Gasteiger partial charge in [0.1, 0.15) is 12.4 Å². The van der Waals surface area contributed by atoms with Gasteiger partial charge in [-0.2, -0.15) is 0 Å². The zero-order chi connectivity index (χ0) is 12.7. The molecule has 3 heterocycles. The molecule has 0 saturated heterocycles. The van der Waals surface area contributed by atoms with E-state index < -0.39 is 0 Å². The molecule has 0 fully saturated rings. The number of methoxy groups -OCH3 is 1. The van der Waals surface area contributed by atoms with Crippen LogP contribution in [0, 0.1) is 0 Å². The number of ether oxygens (including phenoxy) is 1. The van der Waals surface area contributed by atoms with Crippen LogP contribution in [0.25, 0.3) is 16.6 Å². The standard InChI is InChI=1S/C12H10BrN3O2/c1-18-7-15-6-4-9-10(13)8-3-2-5-14-11(8)16(9)12(15)17/h2-6H,7H2,1H3. The number of pyridine rings is 1. The summed E-state index contributed by atoms with van der Waals surface area (Å²) in [7, 11) is 1.55. The molecule has 5 nitrogen and oxygen atoms in total. The first-order valence-corrected chi connectivity index (χ1v) is 6.16. The van der Waals surface area contributed by atoms with Gasteiger partial charge in [-0.1, -0.05) is 0 Å².